The molecule has 0 amide bonds. The Morgan fingerprint density at radius 1 is 1.35 bits per heavy atom. The lowest BCUT2D eigenvalue weighted by Crippen LogP contribution is -2.33. The molecule has 1 saturated carbocycles. The summed E-state index contributed by atoms with van der Waals surface area (Å²) >= 11 is 0. The van der Waals surface area contributed by atoms with Crippen molar-refractivity contribution in [2.45, 2.75) is 32.0 Å². The Labute approximate surface area is 98.0 Å². The zero-order valence-corrected chi connectivity index (χ0v) is 9.51. The average molecular weight is 244 g/mol. The van der Waals surface area contributed by atoms with Gasteiger partial charge in [0.2, 0.25) is 0 Å². The summed E-state index contributed by atoms with van der Waals surface area (Å²) < 4.78 is 37.8. The second-order valence-electron chi connectivity index (χ2n) is 4.88. The lowest BCUT2D eigenvalue weighted by molar-refractivity contribution is -0.137. The van der Waals surface area contributed by atoms with Crippen molar-refractivity contribution >= 4 is 0 Å². The van der Waals surface area contributed by atoms with Gasteiger partial charge in [-0.25, -0.2) is 0 Å². The molecule has 1 aliphatic carbocycles. The Bertz CT molecular complexity index is 410. The van der Waals surface area contributed by atoms with E-state index in [2.05, 4.69) is 5.43 Å². The summed E-state index contributed by atoms with van der Waals surface area (Å²) in [6.07, 6.45) is -2.34. The second-order valence-corrected chi connectivity index (χ2v) is 4.88. The van der Waals surface area contributed by atoms with Gasteiger partial charge in [-0.2, -0.15) is 13.2 Å². The molecule has 1 aromatic rings. The minimum atomic E-state index is -4.31. The van der Waals surface area contributed by atoms with Gasteiger partial charge in [0.1, 0.15) is 0 Å². The number of hydrazine groups is 1. The summed E-state index contributed by atoms with van der Waals surface area (Å²) in [6.45, 7) is 2.03. The zero-order valence-electron chi connectivity index (χ0n) is 9.51. The van der Waals surface area contributed by atoms with Gasteiger partial charge in [-0.1, -0.05) is 19.1 Å². The van der Waals surface area contributed by atoms with Crippen LogP contribution in [-0.4, -0.2) is 0 Å². The maximum absolute atomic E-state index is 12.6. The van der Waals surface area contributed by atoms with Crippen LogP contribution in [0.1, 0.15) is 36.9 Å². The van der Waals surface area contributed by atoms with Gasteiger partial charge >= 0.3 is 6.18 Å². The van der Waals surface area contributed by atoms with Crippen molar-refractivity contribution in [1.82, 2.24) is 5.43 Å². The number of hydrogen-bond donors (Lipinski definition) is 2. The highest BCUT2D eigenvalue weighted by Gasteiger charge is 2.45. The predicted octanol–water partition coefficient (Wildman–Crippen LogP) is 3.01. The van der Waals surface area contributed by atoms with Crippen molar-refractivity contribution in [3.8, 4) is 0 Å². The number of hydrogen-bond acceptors (Lipinski definition) is 2. The van der Waals surface area contributed by atoms with Crippen LogP contribution in [0.25, 0.3) is 0 Å². The van der Waals surface area contributed by atoms with E-state index in [0.717, 1.165) is 18.9 Å². The fourth-order valence-electron chi connectivity index (χ4n) is 2.08. The van der Waals surface area contributed by atoms with Crippen molar-refractivity contribution in [1.29, 1.82) is 0 Å². The van der Waals surface area contributed by atoms with Gasteiger partial charge in [-0.3, -0.25) is 11.3 Å². The van der Waals surface area contributed by atoms with Crippen LogP contribution in [0.3, 0.4) is 0 Å². The van der Waals surface area contributed by atoms with Crippen LogP contribution in [0, 0.1) is 5.41 Å². The smallest absolute Gasteiger partial charge is 0.271 e. The molecule has 0 heterocycles. The van der Waals surface area contributed by atoms with Gasteiger partial charge in [-0.05, 0) is 36.0 Å². The third-order valence-electron chi connectivity index (χ3n) is 3.45. The molecule has 1 aliphatic rings. The van der Waals surface area contributed by atoms with Gasteiger partial charge in [0, 0.05) is 0 Å². The predicted molar refractivity (Wildman–Crippen MR) is 58.8 cm³/mol. The molecule has 1 atom stereocenters. The minimum Gasteiger partial charge on any atom is -0.271 e. The van der Waals surface area contributed by atoms with Crippen LogP contribution in [0.5, 0.6) is 0 Å². The van der Waals surface area contributed by atoms with E-state index in [4.69, 9.17) is 5.84 Å². The van der Waals surface area contributed by atoms with Gasteiger partial charge in [-0.15, -0.1) is 0 Å². The molecule has 0 radical (unpaired) electrons. The van der Waals surface area contributed by atoms with Gasteiger partial charge in [0.15, 0.2) is 0 Å². The maximum atomic E-state index is 12.6. The molecule has 5 heteroatoms. The highest BCUT2D eigenvalue weighted by atomic mass is 19.4. The van der Waals surface area contributed by atoms with E-state index < -0.39 is 11.7 Å². The van der Waals surface area contributed by atoms with E-state index in [1.165, 1.54) is 12.1 Å². The first-order valence-corrected chi connectivity index (χ1v) is 5.50. The fourth-order valence-corrected chi connectivity index (χ4v) is 2.08. The maximum Gasteiger partial charge on any atom is 0.416 e. The molecular formula is C12H15F3N2. The first-order valence-electron chi connectivity index (χ1n) is 5.50. The second kappa shape index (κ2) is 3.99. The van der Waals surface area contributed by atoms with E-state index in [-0.39, 0.29) is 11.5 Å². The highest BCUT2D eigenvalue weighted by Crippen LogP contribution is 2.54. The summed E-state index contributed by atoms with van der Waals surface area (Å²) in [5, 5.41) is 0. The lowest BCUT2D eigenvalue weighted by Gasteiger charge is -2.23. The summed E-state index contributed by atoms with van der Waals surface area (Å²) in [4.78, 5) is 0. The Hall–Kier alpha value is -1.07. The largest absolute Gasteiger partial charge is 0.416 e. The van der Waals surface area contributed by atoms with E-state index in [9.17, 15) is 13.2 Å². The average Bonchev–Trinajstić information content (AvgIpc) is 2.97. The first kappa shape index (κ1) is 12.4. The van der Waals surface area contributed by atoms with Crippen molar-refractivity contribution in [3.05, 3.63) is 35.4 Å². The summed E-state index contributed by atoms with van der Waals surface area (Å²) in [5.41, 5.74) is 2.59. The SMILES string of the molecule is CC1(C(NN)c2cccc(C(F)(F)F)c2)CC1. The van der Waals surface area contributed by atoms with Crippen LogP contribution >= 0.6 is 0 Å². The number of rotatable bonds is 3. The standard InChI is InChI=1S/C12H15F3N2/c1-11(5-6-11)10(17-16)8-3-2-4-9(7-8)12(13,14)15/h2-4,7,10,17H,5-6,16H2,1H3. The van der Waals surface area contributed by atoms with E-state index >= 15 is 0 Å². The Kier molecular flexibility index (Phi) is 2.91. The van der Waals surface area contributed by atoms with E-state index in [1.807, 2.05) is 6.92 Å². The van der Waals surface area contributed by atoms with E-state index in [0.29, 0.717) is 5.56 Å². The highest BCUT2D eigenvalue weighted by molar-refractivity contribution is 5.30. The summed E-state index contributed by atoms with van der Waals surface area (Å²) in [7, 11) is 0. The number of nitrogens with two attached hydrogens (primary N) is 1. The molecule has 0 saturated heterocycles. The van der Waals surface area contributed by atoms with Crippen molar-refractivity contribution in [3.63, 3.8) is 0 Å². The molecule has 0 bridgehead atoms. The third-order valence-corrected chi connectivity index (χ3v) is 3.45. The molecule has 0 aliphatic heterocycles. The van der Waals surface area contributed by atoms with E-state index in [1.54, 1.807) is 6.07 Å². The Morgan fingerprint density at radius 2 is 2.00 bits per heavy atom. The zero-order chi connectivity index (χ0) is 12.7. The Morgan fingerprint density at radius 3 is 2.47 bits per heavy atom. The number of halogens is 3. The first-order chi connectivity index (χ1) is 7.87. The monoisotopic (exact) mass is 244 g/mol. The molecule has 17 heavy (non-hydrogen) atoms. The van der Waals surface area contributed by atoms with Crippen LogP contribution in [0.2, 0.25) is 0 Å². The van der Waals surface area contributed by atoms with Crippen LogP contribution in [0.15, 0.2) is 24.3 Å². The normalized spacial score (nSPS) is 20.1. The van der Waals surface area contributed by atoms with Gasteiger partial charge < -0.3 is 0 Å². The molecular weight excluding hydrogens is 229 g/mol. The molecule has 1 unspecified atom stereocenters. The van der Waals surface area contributed by atoms with Crippen LogP contribution in [-0.2, 0) is 6.18 Å². The molecule has 1 fully saturated rings. The molecule has 3 N–H and O–H groups in total. The minimum absolute atomic E-state index is 0.0149. The number of alkyl halides is 3. The fraction of sp³-hybridized carbons (Fsp3) is 0.500. The number of benzene rings is 1. The molecule has 2 nitrogen and oxygen atoms in total. The van der Waals surface area contributed by atoms with Gasteiger partial charge in [0.25, 0.3) is 0 Å². The van der Waals surface area contributed by atoms with Gasteiger partial charge in [0.05, 0.1) is 11.6 Å². The van der Waals surface area contributed by atoms with Crippen molar-refractivity contribution in [2.75, 3.05) is 0 Å². The summed E-state index contributed by atoms with van der Waals surface area (Å²) in [6, 6.07) is 5.14. The van der Waals surface area contributed by atoms with Crippen LogP contribution in [0.4, 0.5) is 13.2 Å². The Balaban J connectivity index is 2.32. The molecule has 2 rings (SSSR count). The molecule has 94 valence electrons. The number of nitrogens with one attached hydrogen (secondary N) is 1. The van der Waals surface area contributed by atoms with Crippen molar-refractivity contribution < 1.29 is 13.2 Å². The molecule has 1 aromatic carbocycles. The third kappa shape index (κ3) is 2.45. The summed E-state index contributed by atoms with van der Waals surface area (Å²) in [5.74, 6) is 5.46. The topological polar surface area (TPSA) is 38.0 Å². The molecule has 0 spiro atoms. The molecule has 0 aromatic heterocycles. The quantitative estimate of drug-likeness (QED) is 0.633. The van der Waals surface area contributed by atoms with Crippen molar-refractivity contribution in [2.24, 2.45) is 11.3 Å². The van der Waals surface area contributed by atoms with Crippen LogP contribution < -0.4 is 11.3 Å². The lowest BCUT2D eigenvalue weighted by atomic mass is 9.91.